The molecule has 0 unspecified atom stereocenters. The van der Waals surface area contributed by atoms with E-state index in [1.807, 2.05) is 0 Å². The standard InChI is InChI=1S/C7H3ClF4N2O2/c8-3-1-2(7(10,11)12)5(13)6(4(3)9)14(15)16/h1H,13H2. The summed E-state index contributed by atoms with van der Waals surface area (Å²) in [5.41, 5.74) is 0.579. The zero-order valence-electron chi connectivity index (χ0n) is 7.31. The topological polar surface area (TPSA) is 69.2 Å². The van der Waals surface area contributed by atoms with Crippen LogP contribution in [0.15, 0.2) is 6.07 Å². The van der Waals surface area contributed by atoms with Gasteiger partial charge in [0.2, 0.25) is 5.82 Å². The fourth-order valence-corrected chi connectivity index (χ4v) is 1.24. The fraction of sp³-hybridized carbons (Fsp3) is 0.143. The maximum Gasteiger partial charge on any atom is 0.418 e. The van der Waals surface area contributed by atoms with Gasteiger partial charge in [-0.15, -0.1) is 0 Å². The maximum atomic E-state index is 13.1. The zero-order valence-corrected chi connectivity index (χ0v) is 8.06. The van der Waals surface area contributed by atoms with Crippen molar-refractivity contribution in [2.24, 2.45) is 0 Å². The van der Waals surface area contributed by atoms with Crippen LogP contribution in [-0.2, 0) is 6.18 Å². The van der Waals surface area contributed by atoms with Crippen LogP contribution in [0.2, 0.25) is 5.02 Å². The Morgan fingerprint density at radius 2 is 1.94 bits per heavy atom. The minimum absolute atomic E-state index is 0.208. The van der Waals surface area contributed by atoms with Gasteiger partial charge in [-0.3, -0.25) is 10.1 Å². The third kappa shape index (κ3) is 2.01. The smallest absolute Gasteiger partial charge is 0.393 e. The van der Waals surface area contributed by atoms with Gasteiger partial charge in [0.1, 0.15) is 5.69 Å². The van der Waals surface area contributed by atoms with Gasteiger partial charge in [0.05, 0.1) is 15.5 Å². The predicted octanol–water partition coefficient (Wildman–Crippen LogP) is 2.99. The minimum Gasteiger partial charge on any atom is -0.393 e. The van der Waals surface area contributed by atoms with E-state index in [0.717, 1.165) is 0 Å². The second-order valence-corrected chi connectivity index (χ2v) is 3.14. The number of hydrogen-bond donors (Lipinski definition) is 1. The Labute approximate surface area is 90.8 Å². The van der Waals surface area contributed by atoms with E-state index < -0.39 is 38.9 Å². The van der Waals surface area contributed by atoms with Gasteiger partial charge in [-0.1, -0.05) is 11.6 Å². The van der Waals surface area contributed by atoms with Crippen molar-refractivity contribution in [2.75, 3.05) is 5.73 Å². The maximum absolute atomic E-state index is 13.1. The van der Waals surface area contributed by atoms with Gasteiger partial charge in [-0.2, -0.15) is 17.6 Å². The molecule has 0 saturated carbocycles. The first kappa shape index (κ1) is 12.5. The van der Waals surface area contributed by atoms with Crippen molar-refractivity contribution in [3.63, 3.8) is 0 Å². The molecule has 0 radical (unpaired) electrons. The Kier molecular flexibility index (Phi) is 2.95. The fourth-order valence-electron chi connectivity index (χ4n) is 1.04. The molecule has 1 aromatic rings. The van der Waals surface area contributed by atoms with Crippen LogP contribution in [0.5, 0.6) is 0 Å². The molecule has 0 heterocycles. The Hall–Kier alpha value is -1.57. The highest BCUT2D eigenvalue weighted by molar-refractivity contribution is 6.31. The van der Waals surface area contributed by atoms with Crippen LogP contribution in [0.25, 0.3) is 0 Å². The predicted molar refractivity (Wildman–Crippen MR) is 47.5 cm³/mol. The number of nitrogens with zero attached hydrogens (tertiary/aromatic N) is 1. The number of alkyl halides is 3. The first-order valence-corrected chi connectivity index (χ1v) is 4.03. The summed E-state index contributed by atoms with van der Waals surface area (Å²) in [5, 5.41) is 9.33. The van der Waals surface area contributed by atoms with E-state index in [-0.39, 0.29) is 6.07 Å². The van der Waals surface area contributed by atoms with Crippen molar-refractivity contribution in [1.82, 2.24) is 0 Å². The van der Waals surface area contributed by atoms with E-state index in [9.17, 15) is 27.7 Å². The summed E-state index contributed by atoms with van der Waals surface area (Å²) in [4.78, 5) is 8.98. The number of halogens is 5. The second kappa shape index (κ2) is 3.78. The molecule has 1 aromatic carbocycles. The Morgan fingerprint density at radius 3 is 2.31 bits per heavy atom. The van der Waals surface area contributed by atoms with Gasteiger partial charge < -0.3 is 5.73 Å². The minimum atomic E-state index is -4.94. The van der Waals surface area contributed by atoms with Gasteiger partial charge in [-0.25, -0.2) is 0 Å². The molecule has 0 spiro atoms. The highest BCUT2D eigenvalue weighted by Crippen LogP contribution is 2.41. The van der Waals surface area contributed by atoms with Crippen molar-refractivity contribution >= 4 is 23.0 Å². The highest BCUT2D eigenvalue weighted by Gasteiger charge is 2.38. The van der Waals surface area contributed by atoms with Crippen LogP contribution in [-0.4, -0.2) is 4.92 Å². The summed E-state index contributed by atoms with van der Waals surface area (Å²) in [6, 6.07) is 0.208. The van der Waals surface area contributed by atoms with E-state index in [0.29, 0.717) is 0 Å². The number of nitro benzene ring substituents is 1. The summed E-state index contributed by atoms with van der Waals surface area (Å²) >= 11 is 5.11. The molecule has 9 heteroatoms. The van der Waals surface area contributed by atoms with Crippen LogP contribution in [0.4, 0.5) is 28.9 Å². The third-order valence-electron chi connectivity index (χ3n) is 1.72. The SMILES string of the molecule is Nc1c(C(F)(F)F)cc(Cl)c(F)c1[N+](=O)[O-]. The summed E-state index contributed by atoms with van der Waals surface area (Å²) in [7, 11) is 0. The van der Waals surface area contributed by atoms with E-state index in [1.165, 1.54) is 0 Å². The summed E-state index contributed by atoms with van der Waals surface area (Å²) in [6.45, 7) is 0. The molecule has 4 nitrogen and oxygen atoms in total. The first-order valence-electron chi connectivity index (χ1n) is 3.65. The molecule has 16 heavy (non-hydrogen) atoms. The summed E-state index contributed by atoms with van der Waals surface area (Å²) in [5.74, 6) is -1.59. The van der Waals surface area contributed by atoms with E-state index in [4.69, 9.17) is 17.3 Å². The number of nitrogen functional groups attached to an aromatic ring is 1. The number of anilines is 1. The van der Waals surface area contributed by atoms with Crippen LogP contribution in [0.1, 0.15) is 5.56 Å². The molecule has 0 aliphatic heterocycles. The lowest BCUT2D eigenvalue weighted by Crippen LogP contribution is -2.12. The van der Waals surface area contributed by atoms with Crippen molar-refractivity contribution < 1.29 is 22.5 Å². The largest absolute Gasteiger partial charge is 0.418 e. The van der Waals surface area contributed by atoms with Gasteiger partial charge in [0.25, 0.3) is 0 Å². The average Bonchev–Trinajstić information content (AvgIpc) is 2.09. The number of nitrogens with two attached hydrogens (primary N) is 1. The van der Waals surface area contributed by atoms with Crippen LogP contribution in [0.3, 0.4) is 0 Å². The van der Waals surface area contributed by atoms with E-state index in [1.54, 1.807) is 0 Å². The molecule has 0 amide bonds. The Balaban J connectivity index is 3.64. The molecule has 0 aliphatic carbocycles. The van der Waals surface area contributed by atoms with Gasteiger partial charge in [0, 0.05) is 0 Å². The lowest BCUT2D eigenvalue weighted by atomic mass is 10.1. The van der Waals surface area contributed by atoms with E-state index in [2.05, 4.69) is 0 Å². The average molecular weight is 259 g/mol. The normalized spacial score (nSPS) is 11.6. The quantitative estimate of drug-likeness (QED) is 0.364. The highest BCUT2D eigenvalue weighted by atomic mass is 35.5. The molecule has 88 valence electrons. The molecule has 0 saturated heterocycles. The molecular formula is C7H3ClF4N2O2. The Bertz CT molecular complexity index is 461. The second-order valence-electron chi connectivity index (χ2n) is 2.74. The molecular weight excluding hydrogens is 256 g/mol. The number of benzene rings is 1. The molecule has 0 atom stereocenters. The van der Waals surface area contributed by atoms with Crippen molar-refractivity contribution in [2.45, 2.75) is 6.18 Å². The van der Waals surface area contributed by atoms with Crippen molar-refractivity contribution in [3.8, 4) is 0 Å². The van der Waals surface area contributed by atoms with E-state index >= 15 is 0 Å². The van der Waals surface area contributed by atoms with Crippen molar-refractivity contribution in [3.05, 3.63) is 32.6 Å². The molecule has 2 N–H and O–H groups in total. The van der Waals surface area contributed by atoms with Crippen molar-refractivity contribution in [1.29, 1.82) is 0 Å². The van der Waals surface area contributed by atoms with Gasteiger partial charge in [-0.05, 0) is 6.07 Å². The van der Waals surface area contributed by atoms with Crippen LogP contribution < -0.4 is 5.73 Å². The van der Waals surface area contributed by atoms with Gasteiger partial charge >= 0.3 is 11.9 Å². The summed E-state index contributed by atoms with van der Waals surface area (Å²) < 4.78 is 50.0. The van der Waals surface area contributed by atoms with Crippen LogP contribution in [0, 0.1) is 15.9 Å². The number of nitro groups is 1. The molecule has 0 bridgehead atoms. The zero-order chi connectivity index (χ0) is 12.7. The third-order valence-corrected chi connectivity index (χ3v) is 2.00. The molecule has 0 aromatic heterocycles. The lowest BCUT2D eigenvalue weighted by molar-refractivity contribution is -0.386. The number of rotatable bonds is 1. The van der Waals surface area contributed by atoms with Crippen LogP contribution >= 0.6 is 11.6 Å². The molecule has 0 aliphatic rings. The monoisotopic (exact) mass is 258 g/mol. The van der Waals surface area contributed by atoms with Gasteiger partial charge in [0.15, 0.2) is 0 Å². The Morgan fingerprint density at radius 1 is 1.44 bits per heavy atom. The molecule has 1 rings (SSSR count). The summed E-state index contributed by atoms with van der Waals surface area (Å²) in [6.07, 6.45) is -4.94. The lowest BCUT2D eigenvalue weighted by Gasteiger charge is -2.10. The first-order chi connectivity index (χ1) is 7.16. The number of hydrogen-bond acceptors (Lipinski definition) is 3. The molecule has 0 fully saturated rings.